The molecule has 0 bridgehead atoms. The van der Waals surface area contributed by atoms with Crippen LogP contribution in [0.4, 0.5) is 0 Å². The Morgan fingerprint density at radius 2 is 1.56 bits per heavy atom. The minimum absolute atomic E-state index is 0.883. The summed E-state index contributed by atoms with van der Waals surface area (Å²) in [6.45, 7) is 4.26. The molecule has 5 aromatic rings. The van der Waals surface area contributed by atoms with E-state index >= 15 is 0 Å². The molecule has 0 saturated heterocycles. The molecular formula is C21H16N4. The van der Waals surface area contributed by atoms with E-state index in [0.717, 1.165) is 33.1 Å². The van der Waals surface area contributed by atoms with Gasteiger partial charge in [0.2, 0.25) is 0 Å². The van der Waals surface area contributed by atoms with Crippen molar-refractivity contribution in [2.45, 2.75) is 13.8 Å². The first-order chi connectivity index (χ1) is 12.2. The highest BCUT2D eigenvalue weighted by atomic mass is 15.1. The van der Waals surface area contributed by atoms with Crippen LogP contribution >= 0.6 is 0 Å². The Kier molecular flexibility index (Phi) is 2.88. The number of aromatic nitrogens is 4. The lowest BCUT2D eigenvalue weighted by Crippen LogP contribution is -1.93. The summed E-state index contributed by atoms with van der Waals surface area (Å²) in [6.07, 6.45) is 5.56. The summed E-state index contributed by atoms with van der Waals surface area (Å²) in [4.78, 5) is 13.7. The molecule has 5 rings (SSSR count). The number of hydrogen-bond donors (Lipinski definition) is 0. The first kappa shape index (κ1) is 14.1. The van der Waals surface area contributed by atoms with E-state index in [1.807, 2.05) is 18.3 Å². The summed E-state index contributed by atoms with van der Waals surface area (Å²) in [5.74, 6) is 0. The van der Waals surface area contributed by atoms with E-state index in [2.05, 4.69) is 64.7 Å². The summed E-state index contributed by atoms with van der Waals surface area (Å²) < 4.78 is 2.08. The molecule has 0 fully saturated rings. The Bertz CT molecular complexity index is 1170. The van der Waals surface area contributed by atoms with Gasteiger partial charge in [0.1, 0.15) is 17.6 Å². The standard InChI is InChI=1S/C21H16N4/c1-13-6-5-7-14(2)19(13)18-11-25-20-17(10-22-12-23-20)15-8-3-4-9-16(15)21(25)24-18/h3-12H,1-2H3. The number of rotatable bonds is 1. The molecule has 0 aliphatic rings. The molecular weight excluding hydrogens is 308 g/mol. The van der Waals surface area contributed by atoms with E-state index < -0.39 is 0 Å². The van der Waals surface area contributed by atoms with Gasteiger partial charge in [0, 0.05) is 28.7 Å². The van der Waals surface area contributed by atoms with Crippen LogP contribution in [0.3, 0.4) is 0 Å². The second kappa shape index (κ2) is 5.11. The van der Waals surface area contributed by atoms with Crippen molar-refractivity contribution in [2.75, 3.05) is 0 Å². The summed E-state index contributed by atoms with van der Waals surface area (Å²) in [7, 11) is 0. The van der Waals surface area contributed by atoms with E-state index in [1.165, 1.54) is 16.7 Å². The van der Waals surface area contributed by atoms with Crippen LogP contribution in [0.1, 0.15) is 11.1 Å². The topological polar surface area (TPSA) is 43.1 Å². The monoisotopic (exact) mass is 324 g/mol. The van der Waals surface area contributed by atoms with Crippen molar-refractivity contribution >= 4 is 27.5 Å². The van der Waals surface area contributed by atoms with E-state index in [9.17, 15) is 0 Å². The summed E-state index contributed by atoms with van der Waals surface area (Å²) in [5.41, 5.74) is 6.44. The van der Waals surface area contributed by atoms with E-state index in [-0.39, 0.29) is 0 Å². The first-order valence-corrected chi connectivity index (χ1v) is 8.30. The number of aryl methyl sites for hydroxylation is 2. The van der Waals surface area contributed by atoms with Crippen molar-refractivity contribution in [1.82, 2.24) is 19.4 Å². The molecule has 0 aliphatic heterocycles. The van der Waals surface area contributed by atoms with Crippen LogP contribution in [0.25, 0.3) is 38.7 Å². The molecule has 120 valence electrons. The molecule has 4 nitrogen and oxygen atoms in total. The number of fused-ring (bicyclic) bond motifs is 6. The molecule has 0 spiro atoms. The lowest BCUT2D eigenvalue weighted by molar-refractivity contribution is 1.14. The normalized spacial score (nSPS) is 11.6. The highest BCUT2D eigenvalue weighted by Crippen LogP contribution is 2.32. The second-order valence-corrected chi connectivity index (χ2v) is 6.39. The van der Waals surface area contributed by atoms with Crippen LogP contribution in [0.15, 0.2) is 61.2 Å². The van der Waals surface area contributed by atoms with Gasteiger partial charge < -0.3 is 0 Å². The third kappa shape index (κ3) is 1.97. The molecule has 0 amide bonds. The molecule has 0 saturated carbocycles. The van der Waals surface area contributed by atoms with Crippen LogP contribution < -0.4 is 0 Å². The maximum absolute atomic E-state index is 4.99. The summed E-state index contributed by atoms with van der Waals surface area (Å²) in [6, 6.07) is 14.6. The Morgan fingerprint density at radius 1 is 0.800 bits per heavy atom. The van der Waals surface area contributed by atoms with Crippen LogP contribution in [0, 0.1) is 13.8 Å². The number of imidazole rings is 1. The minimum Gasteiger partial charge on any atom is -0.283 e. The van der Waals surface area contributed by atoms with E-state index in [4.69, 9.17) is 4.98 Å². The maximum atomic E-state index is 4.99. The van der Waals surface area contributed by atoms with Crippen molar-refractivity contribution < 1.29 is 0 Å². The van der Waals surface area contributed by atoms with Gasteiger partial charge in [-0.2, -0.15) is 0 Å². The third-order valence-corrected chi connectivity index (χ3v) is 4.82. The Balaban J connectivity index is 1.98. The van der Waals surface area contributed by atoms with Crippen LogP contribution in [0.2, 0.25) is 0 Å². The summed E-state index contributed by atoms with van der Waals surface area (Å²) >= 11 is 0. The third-order valence-electron chi connectivity index (χ3n) is 4.82. The van der Waals surface area contributed by atoms with Gasteiger partial charge in [-0.05, 0) is 30.4 Å². The molecule has 3 aromatic heterocycles. The Labute approximate surface area is 144 Å². The predicted octanol–water partition coefficient (Wildman–Crippen LogP) is 4.71. The molecule has 0 N–H and O–H groups in total. The number of nitrogens with zero attached hydrogens (tertiary/aromatic N) is 4. The zero-order valence-corrected chi connectivity index (χ0v) is 14.1. The van der Waals surface area contributed by atoms with Gasteiger partial charge in [-0.25, -0.2) is 15.0 Å². The number of benzene rings is 2. The molecule has 0 atom stereocenters. The fraction of sp³-hybridized carbons (Fsp3) is 0.0952. The Hall–Kier alpha value is -3.27. The van der Waals surface area contributed by atoms with E-state index in [1.54, 1.807) is 6.33 Å². The van der Waals surface area contributed by atoms with Gasteiger partial charge in [0.25, 0.3) is 0 Å². The molecule has 4 heteroatoms. The zero-order valence-electron chi connectivity index (χ0n) is 14.1. The average Bonchev–Trinajstić information content (AvgIpc) is 3.07. The quantitative estimate of drug-likeness (QED) is 0.419. The van der Waals surface area contributed by atoms with Gasteiger partial charge in [-0.3, -0.25) is 4.40 Å². The van der Waals surface area contributed by atoms with Crippen molar-refractivity contribution in [2.24, 2.45) is 0 Å². The first-order valence-electron chi connectivity index (χ1n) is 8.30. The number of pyridine rings is 1. The minimum atomic E-state index is 0.883. The van der Waals surface area contributed by atoms with Crippen molar-refractivity contribution in [3.8, 4) is 11.3 Å². The van der Waals surface area contributed by atoms with E-state index in [0.29, 0.717) is 0 Å². The zero-order chi connectivity index (χ0) is 17.0. The van der Waals surface area contributed by atoms with Crippen LogP contribution in [0.5, 0.6) is 0 Å². The average molecular weight is 324 g/mol. The van der Waals surface area contributed by atoms with Crippen molar-refractivity contribution in [3.05, 3.63) is 72.3 Å². The second-order valence-electron chi connectivity index (χ2n) is 6.39. The lowest BCUT2D eigenvalue weighted by atomic mass is 10.0. The van der Waals surface area contributed by atoms with Gasteiger partial charge >= 0.3 is 0 Å². The van der Waals surface area contributed by atoms with Gasteiger partial charge in [0.05, 0.1) is 5.69 Å². The fourth-order valence-electron chi connectivity index (χ4n) is 3.69. The maximum Gasteiger partial charge on any atom is 0.149 e. The smallest absolute Gasteiger partial charge is 0.149 e. The fourth-order valence-corrected chi connectivity index (χ4v) is 3.69. The van der Waals surface area contributed by atoms with Gasteiger partial charge in [0.15, 0.2) is 0 Å². The molecule has 25 heavy (non-hydrogen) atoms. The van der Waals surface area contributed by atoms with Gasteiger partial charge in [-0.1, -0.05) is 42.5 Å². The molecule has 0 unspecified atom stereocenters. The predicted molar refractivity (Wildman–Crippen MR) is 101 cm³/mol. The van der Waals surface area contributed by atoms with Gasteiger partial charge in [-0.15, -0.1) is 0 Å². The van der Waals surface area contributed by atoms with Crippen LogP contribution in [-0.2, 0) is 0 Å². The summed E-state index contributed by atoms with van der Waals surface area (Å²) in [5, 5.41) is 3.28. The molecule has 0 radical (unpaired) electrons. The van der Waals surface area contributed by atoms with Crippen molar-refractivity contribution in [1.29, 1.82) is 0 Å². The SMILES string of the molecule is Cc1cccc(C)c1-c1cn2c3ncncc3c3ccccc3c2n1. The highest BCUT2D eigenvalue weighted by Gasteiger charge is 2.15. The number of hydrogen-bond acceptors (Lipinski definition) is 3. The Morgan fingerprint density at radius 3 is 2.36 bits per heavy atom. The molecule has 3 heterocycles. The largest absolute Gasteiger partial charge is 0.283 e. The molecule has 2 aromatic carbocycles. The molecule has 0 aliphatic carbocycles. The lowest BCUT2D eigenvalue weighted by Gasteiger charge is -2.05. The highest BCUT2D eigenvalue weighted by molar-refractivity contribution is 6.10. The van der Waals surface area contributed by atoms with Crippen molar-refractivity contribution in [3.63, 3.8) is 0 Å². The van der Waals surface area contributed by atoms with Crippen LogP contribution in [-0.4, -0.2) is 19.4 Å².